The summed E-state index contributed by atoms with van der Waals surface area (Å²) in [6.45, 7) is -0.167. The third-order valence-electron chi connectivity index (χ3n) is 1.93. The van der Waals surface area contributed by atoms with E-state index in [1.165, 1.54) is 11.3 Å². The van der Waals surface area contributed by atoms with Gasteiger partial charge in [-0.3, -0.25) is 0 Å². The van der Waals surface area contributed by atoms with Gasteiger partial charge >= 0.3 is 0 Å². The Hall–Kier alpha value is -0.770. The Balaban J connectivity index is 2.85. The largest absolute Gasteiger partial charge is 0.508 e. The van der Waals surface area contributed by atoms with Crippen LogP contribution < -0.4 is 0 Å². The van der Waals surface area contributed by atoms with Crippen LogP contribution in [0.3, 0.4) is 0 Å². The molecule has 0 saturated carbocycles. The van der Waals surface area contributed by atoms with Crippen molar-refractivity contribution in [2.75, 3.05) is 0 Å². The molecule has 0 fully saturated rings. The number of aromatic hydroxyl groups is 1. The van der Waals surface area contributed by atoms with Gasteiger partial charge in [-0.05, 0) is 12.1 Å². The monoisotopic (exact) mass is 214 g/mol. The predicted molar refractivity (Wildman–Crippen MR) is 54.4 cm³/mol. The number of aliphatic hydroxyl groups excluding tert-OH is 1. The minimum Gasteiger partial charge on any atom is -0.508 e. The number of fused-ring (bicyclic) bond motifs is 1. The zero-order valence-corrected chi connectivity index (χ0v) is 8.19. The van der Waals surface area contributed by atoms with E-state index in [1.807, 2.05) is 0 Å². The van der Waals surface area contributed by atoms with Gasteiger partial charge in [-0.1, -0.05) is 11.6 Å². The molecule has 1 aromatic heterocycles. The molecule has 2 aromatic rings. The molecule has 13 heavy (non-hydrogen) atoms. The van der Waals surface area contributed by atoms with Gasteiger partial charge in [0.25, 0.3) is 0 Å². The van der Waals surface area contributed by atoms with Crippen LogP contribution in [-0.2, 0) is 6.61 Å². The van der Waals surface area contributed by atoms with E-state index < -0.39 is 0 Å². The summed E-state index contributed by atoms with van der Waals surface area (Å²) in [6.07, 6.45) is 0. The van der Waals surface area contributed by atoms with Crippen molar-refractivity contribution in [3.05, 3.63) is 28.1 Å². The van der Waals surface area contributed by atoms with Gasteiger partial charge in [-0.25, -0.2) is 0 Å². The van der Waals surface area contributed by atoms with E-state index in [2.05, 4.69) is 0 Å². The van der Waals surface area contributed by atoms with Crippen molar-refractivity contribution >= 4 is 33.0 Å². The molecule has 0 aliphatic carbocycles. The van der Waals surface area contributed by atoms with Crippen LogP contribution in [0, 0.1) is 0 Å². The van der Waals surface area contributed by atoms with Crippen LogP contribution in [0.5, 0.6) is 5.75 Å². The molecular weight excluding hydrogens is 208 g/mol. The molecule has 2 rings (SSSR count). The van der Waals surface area contributed by atoms with Gasteiger partial charge in [0.2, 0.25) is 0 Å². The number of phenols is 1. The summed E-state index contributed by atoms with van der Waals surface area (Å²) in [5.74, 6) is 0.119. The Morgan fingerprint density at radius 1 is 1.38 bits per heavy atom. The van der Waals surface area contributed by atoms with E-state index in [0.29, 0.717) is 10.6 Å². The second kappa shape index (κ2) is 3.18. The van der Waals surface area contributed by atoms with Crippen LogP contribution >= 0.6 is 22.9 Å². The topological polar surface area (TPSA) is 40.5 Å². The minimum atomic E-state index is -0.167. The van der Waals surface area contributed by atoms with Crippen molar-refractivity contribution in [1.82, 2.24) is 0 Å². The fraction of sp³-hybridized carbons (Fsp3) is 0.111. The fourth-order valence-corrected chi connectivity index (χ4v) is 2.58. The highest BCUT2D eigenvalue weighted by atomic mass is 35.5. The molecule has 0 amide bonds. The number of hydrogen-bond donors (Lipinski definition) is 2. The number of rotatable bonds is 1. The molecule has 2 nitrogen and oxygen atoms in total. The highest BCUT2D eigenvalue weighted by Gasteiger charge is 2.09. The molecular formula is C9H7ClO2S. The molecule has 4 heteroatoms. The molecule has 0 bridgehead atoms. The zero-order valence-electron chi connectivity index (χ0n) is 6.62. The zero-order chi connectivity index (χ0) is 9.42. The maximum absolute atomic E-state index is 9.42. The van der Waals surface area contributed by atoms with Crippen molar-refractivity contribution in [2.45, 2.75) is 6.61 Å². The van der Waals surface area contributed by atoms with Gasteiger partial charge in [-0.15, -0.1) is 11.3 Å². The van der Waals surface area contributed by atoms with E-state index in [1.54, 1.807) is 17.5 Å². The van der Waals surface area contributed by atoms with E-state index in [4.69, 9.17) is 16.7 Å². The first kappa shape index (κ1) is 8.81. The Kier molecular flexibility index (Phi) is 2.15. The molecule has 1 aromatic carbocycles. The number of halogens is 1. The van der Waals surface area contributed by atoms with Crippen molar-refractivity contribution in [1.29, 1.82) is 0 Å². The number of benzene rings is 1. The van der Waals surface area contributed by atoms with Gasteiger partial charge in [-0.2, -0.15) is 0 Å². The molecule has 0 radical (unpaired) electrons. The van der Waals surface area contributed by atoms with Crippen molar-refractivity contribution in [3.63, 3.8) is 0 Å². The summed E-state index contributed by atoms with van der Waals surface area (Å²) in [5.41, 5.74) is 0.550. The highest BCUT2D eigenvalue weighted by Crippen LogP contribution is 2.36. The molecule has 0 spiro atoms. The Morgan fingerprint density at radius 2 is 2.15 bits per heavy atom. The van der Waals surface area contributed by atoms with Gasteiger partial charge in [0.15, 0.2) is 0 Å². The molecule has 0 aliphatic heterocycles. The summed E-state index contributed by atoms with van der Waals surface area (Å²) in [4.78, 5) is 0. The average Bonchev–Trinajstić information content (AvgIpc) is 2.48. The van der Waals surface area contributed by atoms with Crippen molar-refractivity contribution in [2.24, 2.45) is 0 Å². The fourth-order valence-electron chi connectivity index (χ4n) is 1.27. The molecule has 0 saturated heterocycles. The lowest BCUT2D eigenvalue weighted by Crippen LogP contribution is -1.83. The molecule has 1 heterocycles. The maximum atomic E-state index is 9.42. The smallest absolute Gasteiger partial charge is 0.122 e. The average molecular weight is 215 g/mol. The predicted octanol–water partition coefficient (Wildman–Crippen LogP) is 2.75. The summed E-state index contributed by atoms with van der Waals surface area (Å²) in [7, 11) is 0. The third kappa shape index (κ3) is 1.29. The summed E-state index contributed by atoms with van der Waals surface area (Å²) in [6, 6.07) is 3.30. The Bertz CT molecular complexity index is 450. The maximum Gasteiger partial charge on any atom is 0.122 e. The van der Waals surface area contributed by atoms with Crippen LogP contribution in [0.1, 0.15) is 5.56 Å². The van der Waals surface area contributed by atoms with E-state index in [-0.39, 0.29) is 12.4 Å². The first-order valence-electron chi connectivity index (χ1n) is 3.72. The SMILES string of the molecule is OCc1c(O)ccc2c(Cl)csc12. The van der Waals surface area contributed by atoms with E-state index >= 15 is 0 Å². The Morgan fingerprint density at radius 3 is 2.85 bits per heavy atom. The van der Waals surface area contributed by atoms with Crippen LogP contribution in [-0.4, -0.2) is 10.2 Å². The lowest BCUT2D eigenvalue weighted by atomic mass is 10.1. The minimum absolute atomic E-state index is 0.119. The van der Waals surface area contributed by atoms with E-state index in [9.17, 15) is 5.11 Å². The van der Waals surface area contributed by atoms with Gasteiger partial charge < -0.3 is 10.2 Å². The molecule has 2 N–H and O–H groups in total. The van der Waals surface area contributed by atoms with Crippen LogP contribution in [0.2, 0.25) is 5.02 Å². The lowest BCUT2D eigenvalue weighted by molar-refractivity contribution is 0.277. The summed E-state index contributed by atoms with van der Waals surface area (Å²) >= 11 is 7.33. The Labute approximate surface area is 84.0 Å². The third-order valence-corrected chi connectivity index (χ3v) is 3.43. The summed E-state index contributed by atoms with van der Waals surface area (Å²) < 4.78 is 0.854. The van der Waals surface area contributed by atoms with Gasteiger partial charge in [0.1, 0.15) is 5.75 Å². The van der Waals surface area contributed by atoms with Crippen LogP contribution in [0.15, 0.2) is 17.5 Å². The molecule has 0 atom stereocenters. The molecule has 68 valence electrons. The highest BCUT2D eigenvalue weighted by molar-refractivity contribution is 7.18. The van der Waals surface area contributed by atoms with E-state index in [0.717, 1.165) is 10.1 Å². The normalized spacial score (nSPS) is 10.9. The van der Waals surface area contributed by atoms with Gasteiger partial charge in [0.05, 0.1) is 11.6 Å². The van der Waals surface area contributed by atoms with Crippen molar-refractivity contribution in [3.8, 4) is 5.75 Å². The van der Waals surface area contributed by atoms with Crippen LogP contribution in [0.4, 0.5) is 0 Å². The second-order valence-electron chi connectivity index (χ2n) is 2.68. The molecule has 0 aliphatic rings. The number of hydrogen-bond acceptors (Lipinski definition) is 3. The first-order chi connectivity index (χ1) is 6.24. The standard InChI is InChI=1S/C9H7ClO2S/c10-7-4-13-9-5(7)1-2-8(12)6(9)3-11/h1-2,4,11-12H,3H2. The second-order valence-corrected chi connectivity index (χ2v) is 3.97. The lowest BCUT2D eigenvalue weighted by Gasteiger charge is -2.01. The quantitative estimate of drug-likeness (QED) is 0.767. The van der Waals surface area contributed by atoms with Gasteiger partial charge in [0, 0.05) is 21.0 Å². The number of thiophene rings is 1. The van der Waals surface area contributed by atoms with Crippen LogP contribution in [0.25, 0.3) is 10.1 Å². The van der Waals surface area contributed by atoms with Crippen molar-refractivity contribution < 1.29 is 10.2 Å². The summed E-state index contributed by atoms with van der Waals surface area (Å²) in [5, 5.41) is 21.8. The molecule has 0 unspecified atom stereocenters. The number of aliphatic hydroxyl groups is 1. The first-order valence-corrected chi connectivity index (χ1v) is 4.98.